The summed E-state index contributed by atoms with van der Waals surface area (Å²) in [5.74, 6) is 1.15. The second-order valence-corrected chi connectivity index (χ2v) is 9.82. The van der Waals surface area contributed by atoms with Gasteiger partial charge in [-0.3, -0.25) is 19.9 Å². The number of ether oxygens (including phenoxy) is 1. The van der Waals surface area contributed by atoms with Gasteiger partial charge >= 0.3 is 0 Å². The number of piperidine rings is 1. The molecule has 0 spiro atoms. The van der Waals surface area contributed by atoms with Gasteiger partial charge in [0.05, 0.1) is 31.1 Å². The van der Waals surface area contributed by atoms with Gasteiger partial charge in [-0.05, 0) is 66.1 Å². The SMILES string of the molecule is COc1ccc(C=N[C@H]2CCN(Cc3ccn4nc(-c5ccccn5)nc(Nc5ccncc5F)c34)CC2O)cc1. The van der Waals surface area contributed by atoms with Gasteiger partial charge in [0.1, 0.15) is 17.0 Å². The molecule has 10 nitrogen and oxygen atoms in total. The first-order chi connectivity index (χ1) is 20.1. The molecular formula is C30H29FN8O2. The number of nitrogens with zero attached hydrogens (tertiary/aromatic N) is 7. The Bertz CT molecular complexity index is 1660. The van der Waals surface area contributed by atoms with Gasteiger partial charge in [0, 0.05) is 44.4 Å². The molecule has 5 heterocycles. The Labute approximate surface area is 236 Å². The third-order valence-corrected chi connectivity index (χ3v) is 7.07. The zero-order chi connectivity index (χ0) is 28.2. The fraction of sp³-hybridized carbons (Fsp3) is 0.233. The molecule has 4 aromatic heterocycles. The predicted octanol–water partition coefficient (Wildman–Crippen LogP) is 4.13. The molecule has 0 bridgehead atoms. The van der Waals surface area contributed by atoms with Gasteiger partial charge < -0.3 is 15.2 Å². The number of fused-ring (bicyclic) bond motifs is 1. The number of methoxy groups -OCH3 is 1. The molecular weight excluding hydrogens is 523 g/mol. The second kappa shape index (κ2) is 11.8. The van der Waals surface area contributed by atoms with E-state index in [1.54, 1.807) is 30.1 Å². The van der Waals surface area contributed by atoms with Crippen molar-refractivity contribution < 1.29 is 14.2 Å². The quantitative estimate of drug-likeness (QED) is 0.276. The highest BCUT2D eigenvalue weighted by Gasteiger charge is 2.28. The molecule has 11 heteroatoms. The van der Waals surface area contributed by atoms with Gasteiger partial charge in [0.2, 0.25) is 5.82 Å². The van der Waals surface area contributed by atoms with Crippen LogP contribution < -0.4 is 10.1 Å². The zero-order valence-electron chi connectivity index (χ0n) is 22.4. The molecule has 0 aliphatic carbocycles. The zero-order valence-corrected chi connectivity index (χ0v) is 22.4. The number of aromatic nitrogens is 5. The van der Waals surface area contributed by atoms with Crippen molar-refractivity contribution in [3.8, 4) is 17.3 Å². The Morgan fingerprint density at radius 2 is 2.02 bits per heavy atom. The van der Waals surface area contributed by atoms with E-state index in [9.17, 15) is 9.50 Å². The summed E-state index contributed by atoms with van der Waals surface area (Å²) in [6.07, 6.45) is 8.12. The van der Waals surface area contributed by atoms with E-state index in [0.29, 0.717) is 36.8 Å². The van der Waals surface area contributed by atoms with Crippen LogP contribution in [0, 0.1) is 5.82 Å². The van der Waals surface area contributed by atoms with Crippen LogP contribution in [0.5, 0.6) is 5.75 Å². The fourth-order valence-electron chi connectivity index (χ4n) is 4.93. The Hall–Kier alpha value is -4.74. The van der Waals surface area contributed by atoms with Gasteiger partial charge in [-0.25, -0.2) is 13.9 Å². The Kier molecular flexibility index (Phi) is 7.61. The van der Waals surface area contributed by atoms with Crippen LogP contribution in [0.15, 0.2) is 84.4 Å². The third kappa shape index (κ3) is 5.91. The minimum Gasteiger partial charge on any atom is -0.497 e. The Morgan fingerprint density at radius 3 is 2.78 bits per heavy atom. The molecule has 1 aromatic carbocycles. The first-order valence-corrected chi connectivity index (χ1v) is 13.3. The normalized spacial score (nSPS) is 17.7. The Morgan fingerprint density at radius 1 is 1.15 bits per heavy atom. The van der Waals surface area contributed by atoms with Crippen LogP contribution in [0.2, 0.25) is 0 Å². The van der Waals surface area contributed by atoms with E-state index in [2.05, 4.69) is 30.3 Å². The third-order valence-electron chi connectivity index (χ3n) is 7.07. The lowest BCUT2D eigenvalue weighted by atomic mass is 10.0. The van der Waals surface area contributed by atoms with Crippen molar-refractivity contribution in [3.63, 3.8) is 0 Å². The van der Waals surface area contributed by atoms with Gasteiger partial charge in [0.25, 0.3) is 0 Å². The van der Waals surface area contributed by atoms with Crippen LogP contribution in [0.4, 0.5) is 15.9 Å². The largest absolute Gasteiger partial charge is 0.497 e. The van der Waals surface area contributed by atoms with Crippen LogP contribution in [-0.2, 0) is 6.54 Å². The summed E-state index contributed by atoms with van der Waals surface area (Å²) < 4.78 is 21.5. The van der Waals surface area contributed by atoms with Crippen molar-refractivity contribution >= 4 is 23.2 Å². The summed E-state index contributed by atoms with van der Waals surface area (Å²) >= 11 is 0. The van der Waals surface area contributed by atoms with Crippen LogP contribution in [-0.4, -0.2) is 73.1 Å². The number of anilines is 2. The predicted molar refractivity (Wildman–Crippen MR) is 154 cm³/mol. The topological polar surface area (TPSA) is 113 Å². The summed E-state index contributed by atoms with van der Waals surface area (Å²) in [4.78, 5) is 19.8. The number of rotatable bonds is 8. The highest BCUT2D eigenvalue weighted by atomic mass is 19.1. The number of aliphatic imine (C=N–C) groups is 1. The van der Waals surface area contributed by atoms with Crippen LogP contribution in [0.1, 0.15) is 17.5 Å². The average Bonchev–Trinajstić information content (AvgIpc) is 3.41. The number of β-amino-alcohol motifs (C(OH)–C–C–N with tert-alkyl or cyclic N) is 1. The highest BCUT2D eigenvalue weighted by molar-refractivity contribution is 5.80. The molecule has 2 atom stereocenters. The number of nitrogens with one attached hydrogen (secondary N) is 1. The van der Waals surface area contributed by atoms with Gasteiger partial charge in [0.15, 0.2) is 11.6 Å². The standard InChI is InChI=1S/C30H29FN8O2/c1-41-22-7-5-20(6-8-22)16-34-25-11-14-38(19-27(25)40)18-21-10-15-39-28(21)30(35-24-9-13-32-17-23(24)31)36-29(37-39)26-4-2-3-12-33-26/h2-10,12-13,15-17,25,27,40H,11,14,18-19H2,1H3,(H,32,35,36,37)/t25-,27?/m0/s1. The molecule has 41 heavy (non-hydrogen) atoms. The minimum atomic E-state index is -0.609. The number of aliphatic hydroxyl groups excluding tert-OH is 1. The molecule has 1 unspecified atom stereocenters. The van der Waals surface area contributed by atoms with Crippen molar-refractivity contribution in [2.45, 2.75) is 25.1 Å². The first-order valence-electron chi connectivity index (χ1n) is 13.3. The molecule has 1 aliphatic rings. The smallest absolute Gasteiger partial charge is 0.200 e. The minimum absolute atomic E-state index is 0.185. The van der Waals surface area contributed by atoms with Crippen LogP contribution in [0.25, 0.3) is 17.0 Å². The molecule has 1 aliphatic heterocycles. The molecule has 6 rings (SSSR count). The van der Waals surface area contributed by atoms with E-state index in [4.69, 9.17) is 9.72 Å². The van der Waals surface area contributed by atoms with Crippen molar-refractivity contribution in [1.82, 2.24) is 29.5 Å². The monoisotopic (exact) mass is 552 g/mol. The maximum atomic E-state index is 14.5. The number of hydrogen-bond donors (Lipinski definition) is 2. The van der Waals surface area contributed by atoms with Gasteiger partial charge in [-0.2, -0.15) is 0 Å². The molecule has 1 fully saturated rings. The molecule has 5 aromatic rings. The van der Waals surface area contributed by atoms with Crippen molar-refractivity contribution in [2.24, 2.45) is 4.99 Å². The summed E-state index contributed by atoms with van der Waals surface area (Å²) in [6.45, 7) is 1.78. The number of halogens is 1. The fourth-order valence-corrected chi connectivity index (χ4v) is 4.93. The van der Waals surface area contributed by atoms with Crippen LogP contribution >= 0.6 is 0 Å². The number of aliphatic hydroxyl groups is 1. The molecule has 0 radical (unpaired) electrons. The summed E-state index contributed by atoms with van der Waals surface area (Å²) in [5, 5.41) is 18.7. The number of benzene rings is 1. The van der Waals surface area contributed by atoms with Gasteiger partial charge in [-0.15, -0.1) is 5.10 Å². The molecule has 208 valence electrons. The number of likely N-dealkylation sites (tertiary alicyclic amines) is 1. The average molecular weight is 553 g/mol. The van der Waals surface area contributed by atoms with E-state index in [0.717, 1.165) is 35.1 Å². The summed E-state index contributed by atoms with van der Waals surface area (Å²) in [5.41, 5.74) is 3.47. The summed E-state index contributed by atoms with van der Waals surface area (Å²) in [7, 11) is 1.63. The maximum absolute atomic E-state index is 14.5. The van der Waals surface area contributed by atoms with E-state index in [1.807, 2.05) is 54.7 Å². The maximum Gasteiger partial charge on any atom is 0.200 e. The second-order valence-electron chi connectivity index (χ2n) is 9.82. The summed E-state index contributed by atoms with van der Waals surface area (Å²) in [6, 6.07) is 16.5. The van der Waals surface area contributed by atoms with Crippen molar-refractivity contribution in [1.29, 1.82) is 0 Å². The van der Waals surface area contributed by atoms with E-state index in [-0.39, 0.29) is 11.7 Å². The van der Waals surface area contributed by atoms with Gasteiger partial charge in [-0.1, -0.05) is 6.07 Å². The number of pyridine rings is 2. The lowest BCUT2D eigenvalue weighted by molar-refractivity contribution is 0.0511. The molecule has 0 amide bonds. The van der Waals surface area contributed by atoms with E-state index in [1.165, 1.54) is 6.20 Å². The van der Waals surface area contributed by atoms with Crippen molar-refractivity contribution in [2.75, 3.05) is 25.5 Å². The highest BCUT2D eigenvalue weighted by Crippen LogP contribution is 2.28. The molecule has 1 saturated heterocycles. The first kappa shape index (κ1) is 26.5. The van der Waals surface area contributed by atoms with Crippen molar-refractivity contribution in [3.05, 3.63) is 96.3 Å². The van der Waals surface area contributed by atoms with E-state index < -0.39 is 11.9 Å². The van der Waals surface area contributed by atoms with Crippen LogP contribution in [0.3, 0.4) is 0 Å². The lowest BCUT2D eigenvalue weighted by Crippen LogP contribution is -2.45. The molecule has 0 saturated carbocycles. The van der Waals surface area contributed by atoms with E-state index >= 15 is 0 Å². The Balaban J connectivity index is 1.23. The number of hydrogen-bond acceptors (Lipinski definition) is 9. The lowest BCUT2D eigenvalue weighted by Gasteiger charge is -2.34. The molecule has 2 N–H and O–H groups in total.